The van der Waals surface area contributed by atoms with Crippen LogP contribution in [0, 0.1) is 0 Å². The predicted molar refractivity (Wildman–Crippen MR) is 101 cm³/mol. The number of fused-ring (bicyclic) bond motifs is 2. The first kappa shape index (κ1) is 15.4. The Bertz CT molecular complexity index is 1150. The van der Waals surface area contributed by atoms with Crippen LogP contribution < -0.4 is 10.9 Å². The molecule has 0 aliphatic carbocycles. The van der Waals surface area contributed by atoms with Gasteiger partial charge in [-0.25, -0.2) is 5.10 Å². The normalized spacial score (nSPS) is 15.2. The minimum Gasteiger partial charge on any atom is -0.318 e. The number of thiophene rings is 1. The lowest BCUT2D eigenvalue weighted by Gasteiger charge is -2.27. The highest BCUT2D eigenvalue weighted by Crippen LogP contribution is 2.41. The van der Waals surface area contributed by atoms with E-state index in [9.17, 15) is 4.79 Å². The number of hydrogen-bond donors (Lipinski definition) is 2. The Kier molecular flexibility index (Phi) is 3.47. The molecule has 1 atom stereocenters. The number of halogens is 1. The maximum Gasteiger partial charge on any atom is 0.288 e. The first-order valence-electron chi connectivity index (χ1n) is 7.69. The van der Waals surface area contributed by atoms with E-state index >= 15 is 0 Å². The van der Waals surface area contributed by atoms with Gasteiger partial charge in [0, 0.05) is 10.0 Å². The van der Waals surface area contributed by atoms with Gasteiger partial charge in [-0.3, -0.25) is 4.79 Å². The zero-order valence-corrected chi connectivity index (χ0v) is 15.5. The summed E-state index contributed by atoms with van der Waals surface area (Å²) < 4.78 is 2.64. The van der Waals surface area contributed by atoms with Crippen LogP contribution in [0.5, 0.6) is 0 Å². The zero-order valence-electron chi connectivity index (χ0n) is 13.0. The highest BCUT2D eigenvalue weighted by molar-refractivity contribution is 9.10. The van der Waals surface area contributed by atoms with Crippen LogP contribution in [0.1, 0.15) is 17.2 Å². The van der Waals surface area contributed by atoms with Crippen molar-refractivity contribution < 1.29 is 0 Å². The Labute approximate surface area is 159 Å². The van der Waals surface area contributed by atoms with E-state index in [1.54, 1.807) is 16.0 Å². The first-order chi connectivity index (χ1) is 12.7. The fourth-order valence-corrected chi connectivity index (χ4v) is 4.08. The highest BCUT2D eigenvalue weighted by Gasteiger charge is 2.34. The number of benzene rings is 1. The molecule has 0 bridgehead atoms. The van der Waals surface area contributed by atoms with Crippen molar-refractivity contribution in [2.24, 2.45) is 0 Å². The van der Waals surface area contributed by atoms with E-state index in [-0.39, 0.29) is 11.6 Å². The third-order valence-corrected chi connectivity index (χ3v) is 5.61. The van der Waals surface area contributed by atoms with Crippen molar-refractivity contribution in [3.8, 4) is 10.6 Å². The Hall–Kier alpha value is -2.85. The lowest BCUT2D eigenvalue weighted by molar-refractivity contribution is 0.567. The summed E-state index contributed by atoms with van der Waals surface area (Å²) in [5, 5.41) is 23.8. The number of nitrogens with zero attached hydrogens (tertiary/aromatic N) is 5. The van der Waals surface area contributed by atoms with Crippen LogP contribution in [-0.4, -0.2) is 30.4 Å². The molecule has 8 nitrogen and oxygen atoms in total. The minimum atomic E-state index is -0.365. The average Bonchev–Trinajstić information content (AvgIpc) is 3.33. The number of H-pyrrole nitrogens is 1. The van der Waals surface area contributed by atoms with E-state index in [0.29, 0.717) is 17.3 Å². The number of anilines is 2. The molecule has 4 heterocycles. The molecule has 1 aromatic carbocycles. The van der Waals surface area contributed by atoms with Gasteiger partial charge in [0.25, 0.3) is 5.56 Å². The number of nitrogens with one attached hydrogen (secondary N) is 2. The summed E-state index contributed by atoms with van der Waals surface area (Å²) in [4.78, 5) is 13.4. The van der Waals surface area contributed by atoms with Crippen molar-refractivity contribution in [1.82, 2.24) is 30.4 Å². The molecule has 1 unspecified atom stereocenters. The molecule has 0 radical (unpaired) electrons. The Morgan fingerprint density at radius 1 is 1.19 bits per heavy atom. The molecular formula is C16H10BrN7OS. The standard InChI is InChI=1S/C16H10BrN7OS/c17-9-5-3-8(4-6-9)14-11-12(10-2-1-7-26-10)19-20-15(25)13(11)18-16-21-22-23-24(14)16/h1-7,14H,(H,20,25)(H,18,21,23). The molecule has 2 N–H and O–H groups in total. The van der Waals surface area contributed by atoms with Gasteiger partial charge in [0.05, 0.1) is 4.88 Å². The third-order valence-electron chi connectivity index (χ3n) is 4.21. The molecule has 1 aliphatic heterocycles. The Balaban J connectivity index is 1.83. The molecule has 0 amide bonds. The topological polar surface area (TPSA) is 101 Å². The van der Waals surface area contributed by atoms with Crippen molar-refractivity contribution in [3.05, 3.63) is 67.7 Å². The molecule has 26 heavy (non-hydrogen) atoms. The van der Waals surface area contributed by atoms with Crippen molar-refractivity contribution in [1.29, 1.82) is 0 Å². The number of aromatic amines is 1. The van der Waals surface area contributed by atoms with E-state index < -0.39 is 0 Å². The summed E-state index contributed by atoms with van der Waals surface area (Å²) >= 11 is 5.01. The highest BCUT2D eigenvalue weighted by atomic mass is 79.9. The van der Waals surface area contributed by atoms with Crippen molar-refractivity contribution in [2.75, 3.05) is 5.32 Å². The molecule has 3 aromatic heterocycles. The average molecular weight is 428 g/mol. The number of rotatable bonds is 2. The maximum absolute atomic E-state index is 12.5. The molecule has 0 spiro atoms. The summed E-state index contributed by atoms with van der Waals surface area (Å²) in [6, 6.07) is 11.4. The second-order valence-electron chi connectivity index (χ2n) is 5.69. The quantitative estimate of drug-likeness (QED) is 0.449. The summed E-state index contributed by atoms with van der Waals surface area (Å²) in [6.45, 7) is 0. The lowest BCUT2D eigenvalue weighted by atomic mass is 9.94. The van der Waals surface area contributed by atoms with E-state index in [0.717, 1.165) is 20.5 Å². The zero-order chi connectivity index (χ0) is 17.7. The van der Waals surface area contributed by atoms with Gasteiger partial charge in [-0.05, 0) is 39.6 Å². The molecule has 5 rings (SSSR count). The molecule has 0 saturated heterocycles. The van der Waals surface area contributed by atoms with Gasteiger partial charge in [0.1, 0.15) is 17.4 Å². The summed E-state index contributed by atoms with van der Waals surface area (Å²) in [5.74, 6) is 0.416. The fourth-order valence-electron chi connectivity index (χ4n) is 3.09. The van der Waals surface area contributed by atoms with E-state index in [1.165, 1.54) is 0 Å². The van der Waals surface area contributed by atoms with Gasteiger partial charge in [-0.1, -0.05) is 39.2 Å². The lowest BCUT2D eigenvalue weighted by Crippen LogP contribution is -2.29. The molecule has 0 fully saturated rings. The Morgan fingerprint density at radius 2 is 2.04 bits per heavy atom. The van der Waals surface area contributed by atoms with Crippen LogP contribution in [0.15, 0.2) is 51.0 Å². The van der Waals surface area contributed by atoms with Crippen LogP contribution in [0.2, 0.25) is 0 Å². The predicted octanol–water partition coefficient (Wildman–Crippen LogP) is 2.94. The van der Waals surface area contributed by atoms with Gasteiger partial charge in [0.15, 0.2) is 0 Å². The van der Waals surface area contributed by atoms with E-state index in [2.05, 4.69) is 47.0 Å². The largest absolute Gasteiger partial charge is 0.318 e. The van der Waals surface area contributed by atoms with Gasteiger partial charge in [-0.2, -0.15) is 9.78 Å². The second-order valence-corrected chi connectivity index (χ2v) is 7.56. The van der Waals surface area contributed by atoms with E-state index in [1.807, 2.05) is 41.8 Å². The second kappa shape index (κ2) is 5.85. The molecule has 0 saturated carbocycles. The van der Waals surface area contributed by atoms with Crippen LogP contribution in [-0.2, 0) is 0 Å². The fraction of sp³-hybridized carbons (Fsp3) is 0.0625. The molecule has 4 aromatic rings. The first-order valence-corrected chi connectivity index (χ1v) is 9.36. The van der Waals surface area contributed by atoms with Crippen LogP contribution in [0.4, 0.5) is 11.6 Å². The summed E-state index contributed by atoms with van der Waals surface area (Å²) in [5.41, 5.74) is 2.51. The number of aromatic nitrogens is 6. The molecule has 1 aliphatic rings. The summed E-state index contributed by atoms with van der Waals surface area (Å²) in [6.07, 6.45) is 0. The van der Waals surface area contributed by atoms with E-state index in [4.69, 9.17) is 0 Å². The summed E-state index contributed by atoms with van der Waals surface area (Å²) in [7, 11) is 0. The monoisotopic (exact) mass is 427 g/mol. The van der Waals surface area contributed by atoms with Crippen LogP contribution in [0.3, 0.4) is 0 Å². The van der Waals surface area contributed by atoms with Gasteiger partial charge >= 0.3 is 0 Å². The Morgan fingerprint density at radius 3 is 2.81 bits per heavy atom. The van der Waals surface area contributed by atoms with Crippen molar-refractivity contribution >= 4 is 38.9 Å². The van der Waals surface area contributed by atoms with Crippen molar-refractivity contribution in [2.45, 2.75) is 6.04 Å². The third kappa shape index (κ3) is 2.30. The van der Waals surface area contributed by atoms with Crippen molar-refractivity contribution in [3.63, 3.8) is 0 Å². The van der Waals surface area contributed by atoms with Gasteiger partial charge in [0.2, 0.25) is 5.95 Å². The van der Waals surface area contributed by atoms with Crippen LogP contribution in [0.25, 0.3) is 10.6 Å². The smallest absolute Gasteiger partial charge is 0.288 e. The number of hydrogen-bond acceptors (Lipinski definition) is 7. The van der Waals surface area contributed by atoms with Gasteiger partial charge in [-0.15, -0.1) is 11.3 Å². The van der Waals surface area contributed by atoms with Gasteiger partial charge < -0.3 is 5.32 Å². The maximum atomic E-state index is 12.5. The molecule has 10 heteroatoms. The molecule has 128 valence electrons. The van der Waals surface area contributed by atoms with Crippen LogP contribution >= 0.6 is 27.3 Å². The molecular weight excluding hydrogens is 418 g/mol. The minimum absolute atomic E-state index is 0.309. The SMILES string of the molecule is O=c1[nH]nc(-c2cccs2)c2c1Nc1nnnn1C2c1ccc(Br)cc1. The number of tetrazole rings is 1.